The van der Waals surface area contributed by atoms with E-state index in [4.69, 9.17) is 4.74 Å². The molecule has 0 fully saturated rings. The molecule has 0 saturated carbocycles. The first kappa shape index (κ1) is 45.0. The second-order valence-electron chi connectivity index (χ2n) is 15.1. The highest BCUT2D eigenvalue weighted by Crippen LogP contribution is 2.24. The standard InChI is InChI=1S/C44H90O/c1-5-9-13-17-21-23-25-29-33-37-41-43(39-35-31-27-19-15-11-7-3)45-44(40-36-32-28-20-16-12-8-4)42-38-34-30-26-24-22-18-14-10-6-2/h43-44H,5-42H2,1-4H3. The van der Waals surface area contributed by atoms with Gasteiger partial charge in [0.05, 0.1) is 12.2 Å². The van der Waals surface area contributed by atoms with Gasteiger partial charge in [-0.1, -0.05) is 246 Å². The van der Waals surface area contributed by atoms with Crippen molar-refractivity contribution in [1.82, 2.24) is 0 Å². The van der Waals surface area contributed by atoms with E-state index >= 15 is 0 Å². The van der Waals surface area contributed by atoms with E-state index in [1.807, 2.05) is 0 Å². The van der Waals surface area contributed by atoms with Gasteiger partial charge in [-0.3, -0.25) is 0 Å². The minimum Gasteiger partial charge on any atom is -0.375 e. The third-order valence-corrected chi connectivity index (χ3v) is 10.4. The van der Waals surface area contributed by atoms with E-state index in [1.54, 1.807) is 0 Å². The molecule has 0 saturated heterocycles. The molecule has 0 aliphatic rings. The average Bonchev–Trinajstić information content (AvgIpc) is 3.05. The normalized spacial score (nSPS) is 13.1. The van der Waals surface area contributed by atoms with Gasteiger partial charge in [-0.05, 0) is 25.7 Å². The van der Waals surface area contributed by atoms with Crippen LogP contribution in [-0.4, -0.2) is 12.2 Å². The zero-order valence-electron chi connectivity index (χ0n) is 32.4. The van der Waals surface area contributed by atoms with E-state index < -0.39 is 0 Å². The van der Waals surface area contributed by atoms with Gasteiger partial charge < -0.3 is 4.74 Å². The lowest BCUT2D eigenvalue weighted by molar-refractivity contribution is -0.0324. The predicted octanol–water partition coefficient (Wildman–Crippen LogP) is 16.6. The van der Waals surface area contributed by atoms with Crippen molar-refractivity contribution in [2.24, 2.45) is 0 Å². The van der Waals surface area contributed by atoms with Crippen LogP contribution in [0.5, 0.6) is 0 Å². The first-order chi connectivity index (χ1) is 22.3. The number of rotatable bonds is 40. The summed E-state index contributed by atoms with van der Waals surface area (Å²) >= 11 is 0. The first-order valence-corrected chi connectivity index (χ1v) is 21.9. The second-order valence-corrected chi connectivity index (χ2v) is 15.1. The Hall–Kier alpha value is -0.0400. The van der Waals surface area contributed by atoms with Gasteiger partial charge in [0, 0.05) is 0 Å². The van der Waals surface area contributed by atoms with Crippen LogP contribution < -0.4 is 0 Å². The Morgan fingerprint density at radius 2 is 0.378 bits per heavy atom. The number of hydrogen-bond acceptors (Lipinski definition) is 1. The molecule has 0 aliphatic heterocycles. The lowest BCUT2D eigenvalue weighted by Crippen LogP contribution is -2.23. The van der Waals surface area contributed by atoms with Crippen LogP contribution in [0, 0.1) is 0 Å². The summed E-state index contributed by atoms with van der Waals surface area (Å²) in [5, 5.41) is 0. The van der Waals surface area contributed by atoms with Gasteiger partial charge in [0.1, 0.15) is 0 Å². The van der Waals surface area contributed by atoms with Crippen LogP contribution >= 0.6 is 0 Å². The molecule has 45 heavy (non-hydrogen) atoms. The maximum atomic E-state index is 7.11. The molecular weight excluding hydrogens is 544 g/mol. The van der Waals surface area contributed by atoms with E-state index in [0.29, 0.717) is 12.2 Å². The van der Waals surface area contributed by atoms with E-state index in [9.17, 15) is 0 Å². The summed E-state index contributed by atoms with van der Waals surface area (Å²) in [6.07, 6.45) is 54.8. The van der Waals surface area contributed by atoms with Gasteiger partial charge in [-0.2, -0.15) is 0 Å². The van der Waals surface area contributed by atoms with Crippen LogP contribution in [0.2, 0.25) is 0 Å². The molecule has 0 rings (SSSR count). The minimum atomic E-state index is 0.521. The quantitative estimate of drug-likeness (QED) is 0.0609. The monoisotopic (exact) mass is 635 g/mol. The van der Waals surface area contributed by atoms with Crippen LogP contribution in [0.25, 0.3) is 0 Å². The van der Waals surface area contributed by atoms with Crippen LogP contribution in [0.1, 0.15) is 272 Å². The molecule has 2 atom stereocenters. The summed E-state index contributed by atoms with van der Waals surface area (Å²) in [6.45, 7) is 9.29. The maximum absolute atomic E-state index is 7.11. The largest absolute Gasteiger partial charge is 0.375 e. The summed E-state index contributed by atoms with van der Waals surface area (Å²) < 4.78 is 7.11. The van der Waals surface area contributed by atoms with Gasteiger partial charge >= 0.3 is 0 Å². The summed E-state index contributed by atoms with van der Waals surface area (Å²) in [6, 6.07) is 0. The first-order valence-electron chi connectivity index (χ1n) is 21.9. The molecule has 0 aliphatic carbocycles. The molecule has 0 spiro atoms. The minimum absolute atomic E-state index is 0.521. The van der Waals surface area contributed by atoms with Gasteiger partial charge in [0.2, 0.25) is 0 Å². The lowest BCUT2D eigenvalue weighted by atomic mass is 9.99. The summed E-state index contributed by atoms with van der Waals surface area (Å²) in [5.41, 5.74) is 0. The Morgan fingerprint density at radius 3 is 0.556 bits per heavy atom. The molecule has 0 heterocycles. The average molecular weight is 635 g/mol. The highest BCUT2D eigenvalue weighted by molar-refractivity contribution is 4.67. The fourth-order valence-electron chi connectivity index (χ4n) is 7.21. The van der Waals surface area contributed by atoms with Crippen molar-refractivity contribution < 1.29 is 4.74 Å². The van der Waals surface area contributed by atoms with Crippen molar-refractivity contribution in [3.63, 3.8) is 0 Å². The number of unbranched alkanes of at least 4 members (excludes halogenated alkanes) is 30. The van der Waals surface area contributed by atoms with Crippen LogP contribution in [0.4, 0.5) is 0 Å². The Labute approximate surface area is 288 Å². The van der Waals surface area contributed by atoms with Crippen molar-refractivity contribution >= 4 is 0 Å². The SMILES string of the molecule is CCCCCCCCCCCCC(CCCCCCCCC)OC(CCCCCCCCC)CCCCCCCCCCCC. The number of hydrogen-bond donors (Lipinski definition) is 0. The second kappa shape index (κ2) is 40.1. The predicted molar refractivity (Wildman–Crippen MR) is 207 cm³/mol. The summed E-state index contributed by atoms with van der Waals surface area (Å²) in [5.74, 6) is 0. The Morgan fingerprint density at radius 1 is 0.222 bits per heavy atom. The van der Waals surface area contributed by atoms with Crippen LogP contribution in [0.15, 0.2) is 0 Å². The Kier molecular flexibility index (Phi) is 40.1. The van der Waals surface area contributed by atoms with Crippen LogP contribution in [0.3, 0.4) is 0 Å². The molecule has 0 aromatic rings. The molecule has 0 aromatic carbocycles. The molecule has 0 amide bonds. The molecule has 0 N–H and O–H groups in total. The highest BCUT2D eigenvalue weighted by atomic mass is 16.5. The van der Waals surface area contributed by atoms with Gasteiger partial charge in [0.25, 0.3) is 0 Å². The highest BCUT2D eigenvalue weighted by Gasteiger charge is 2.17. The van der Waals surface area contributed by atoms with Crippen LogP contribution in [-0.2, 0) is 4.74 Å². The zero-order valence-corrected chi connectivity index (χ0v) is 32.4. The van der Waals surface area contributed by atoms with E-state index in [2.05, 4.69) is 27.7 Å². The smallest absolute Gasteiger partial charge is 0.0578 e. The van der Waals surface area contributed by atoms with Crippen molar-refractivity contribution in [3.8, 4) is 0 Å². The van der Waals surface area contributed by atoms with E-state index in [0.717, 1.165) is 0 Å². The zero-order chi connectivity index (χ0) is 32.7. The van der Waals surface area contributed by atoms with E-state index in [-0.39, 0.29) is 0 Å². The van der Waals surface area contributed by atoms with E-state index in [1.165, 1.54) is 244 Å². The van der Waals surface area contributed by atoms with Gasteiger partial charge in [0.15, 0.2) is 0 Å². The Bertz CT molecular complexity index is 457. The molecule has 1 heteroatoms. The molecule has 0 radical (unpaired) electrons. The Balaban J connectivity index is 4.65. The van der Waals surface area contributed by atoms with Gasteiger partial charge in [-0.15, -0.1) is 0 Å². The van der Waals surface area contributed by atoms with Crippen molar-refractivity contribution in [1.29, 1.82) is 0 Å². The van der Waals surface area contributed by atoms with Crippen molar-refractivity contribution in [3.05, 3.63) is 0 Å². The lowest BCUT2D eigenvalue weighted by Gasteiger charge is -2.26. The summed E-state index contributed by atoms with van der Waals surface area (Å²) in [4.78, 5) is 0. The molecule has 0 aromatic heterocycles. The molecule has 272 valence electrons. The third kappa shape index (κ3) is 36.6. The van der Waals surface area contributed by atoms with Crippen molar-refractivity contribution in [2.45, 2.75) is 284 Å². The fourth-order valence-corrected chi connectivity index (χ4v) is 7.21. The number of ether oxygens (including phenoxy) is 1. The third-order valence-electron chi connectivity index (χ3n) is 10.4. The summed E-state index contributed by atoms with van der Waals surface area (Å²) in [7, 11) is 0. The van der Waals surface area contributed by atoms with Gasteiger partial charge in [-0.25, -0.2) is 0 Å². The van der Waals surface area contributed by atoms with Crippen molar-refractivity contribution in [2.75, 3.05) is 0 Å². The topological polar surface area (TPSA) is 9.23 Å². The maximum Gasteiger partial charge on any atom is 0.0578 e. The molecule has 1 nitrogen and oxygen atoms in total. The fraction of sp³-hybridized carbons (Fsp3) is 1.00. The molecular formula is C44H90O. The molecule has 0 bridgehead atoms. The molecule has 2 unspecified atom stereocenters.